The molecule has 0 saturated heterocycles. The van der Waals surface area contributed by atoms with Crippen LogP contribution in [0, 0.1) is 5.92 Å². The van der Waals surface area contributed by atoms with Gasteiger partial charge in [-0.15, -0.1) is 11.3 Å². The summed E-state index contributed by atoms with van der Waals surface area (Å²) in [5, 5.41) is 5.66. The van der Waals surface area contributed by atoms with Gasteiger partial charge >= 0.3 is 0 Å². The fourth-order valence-corrected chi connectivity index (χ4v) is 3.32. The quantitative estimate of drug-likeness (QED) is 0.806. The van der Waals surface area contributed by atoms with Gasteiger partial charge < -0.3 is 5.32 Å². The Balaban J connectivity index is 1.94. The van der Waals surface area contributed by atoms with E-state index in [9.17, 15) is 0 Å². The van der Waals surface area contributed by atoms with E-state index in [0.717, 1.165) is 12.0 Å². The first kappa shape index (κ1) is 10.2. The first-order chi connectivity index (χ1) is 6.90. The molecule has 14 heavy (non-hydrogen) atoms. The van der Waals surface area contributed by atoms with Crippen LogP contribution in [0.1, 0.15) is 30.6 Å². The minimum Gasteiger partial charge on any atom is -0.317 e. The molecule has 0 radical (unpaired) electrons. The molecule has 1 saturated carbocycles. The highest BCUT2D eigenvalue weighted by Crippen LogP contribution is 2.28. The van der Waals surface area contributed by atoms with Gasteiger partial charge in [0.25, 0.3) is 0 Å². The summed E-state index contributed by atoms with van der Waals surface area (Å²) in [6.45, 7) is 0. The Kier molecular flexibility index (Phi) is 3.60. The van der Waals surface area contributed by atoms with Gasteiger partial charge in [-0.2, -0.15) is 0 Å². The van der Waals surface area contributed by atoms with Crippen molar-refractivity contribution in [2.24, 2.45) is 5.92 Å². The van der Waals surface area contributed by atoms with Crippen molar-refractivity contribution in [1.82, 2.24) is 5.32 Å². The molecule has 0 spiro atoms. The van der Waals surface area contributed by atoms with Gasteiger partial charge in [0.1, 0.15) is 0 Å². The van der Waals surface area contributed by atoms with Gasteiger partial charge in [0, 0.05) is 10.9 Å². The number of nitrogens with one attached hydrogen (secondary N) is 1. The van der Waals surface area contributed by atoms with Crippen molar-refractivity contribution in [3.8, 4) is 0 Å². The molecule has 2 heteroatoms. The van der Waals surface area contributed by atoms with Crippen LogP contribution in [0.25, 0.3) is 0 Å². The number of thiophene rings is 1. The van der Waals surface area contributed by atoms with Crippen molar-refractivity contribution in [2.45, 2.75) is 38.1 Å². The molecule has 1 heterocycles. The normalized spacial score (nSPS) is 27.8. The SMILES string of the molecule is CNC1CCCCC1Cc1cccs1. The minimum atomic E-state index is 0.755. The number of rotatable bonds is 3. The monoisotopic (exact) mass is 209 g/mol. The summed E-state index contributed by atoms with van der Waals surface area (Å²) >= 11 is 1.90. The van der Waals surface area contributed by atoms with Crippen LogP contribution >= 0.6 is 11.3 Å². The molecule has 0 bridgehead atoms. The van der Waals surface area contributed by atoms with E-state index in [1.807, 2.05) is 11.3 Å². The maximum absolute atomic E-state index is 3.47. The zero-order valence-corrected chi connectivity index (χ0v) is 9.65. The second kappa shape index (κ2) is 4.94. The molecule has 1 N–H and O–H groups in total. The Morgan fingerprint density at radius 2 is 2.29 bits per heavy atom. The van der Waals surface area contributed by atoms with Gasteiger partial charge in [-0.25, -0.2) is 0 Å². The molecular weight excluding hydrogens is 190 g/mol. The van der Waals surface area contributed by atoms with E-state index < -0.39 is 0 Å². The van der Waals surface area contributed by atoms with Crippen molar-refractivity contribution in [2.75, 3.05) is 7.05 Å². The van der Waals surface area contributed by atoms with Gasteiger partial charge in [-0.1, -0.05) is 18.9 Å². The Morgan fingerprint density at radius 3 is 3.00 bits per heavy atom. The molecule has 2 unspecified atom stereocenters. The van der Waals surface area contributed by atoms with Crippen molar-refractivity contribution in [1.29, 1.82) is 0 Å². The van der Waals surface area contributed by atoms with Crippen LogP contribution in [0.3, 0.4) is 0 Å². The van der Waals surface area contributed by atoms with Crippen LogP contribution in [0.15, 0.2) is 17.5 Å². The lowest BCUT2D eigenvalue weighted by Gasteiger charge is -2.31. The van der Waals surface area contributed by atoms with Crippen LogP contribution in [0.2, 0.25) is 0 Å². The predicted molar refractivity (Wildman–Crippen MR) is 62.8 cm³/mol. The van der Waals surface area contributed by atoms with Crippen LogP contribution < -0.4 is 5.32 Å². The predicted octanol–water partition coefficient (Wildman–Crippen LogP) is 3.07. The van der Waals surface area contributed by atoms with E-state index in [1.165, 1.54) is 32.1 Å². The molecular formula is C12H19NS. The van der Waals surface area contributed by atoms with Crippen molar-refractivity contribution in [3.63, 3.8) is 0 Å². The van der Waals surface area contributed by atoms with Crippen LogP contribution in [-0.4, -0.2) is 13.1 Å². The van der Waals surface area contributed by atoms with E-state index in [4.69, 9.17) is 0 Å². The minimum absolute atomic E-state index is 0.755. The largest absolute Gasteiger partial charge is 0.317 e. The van der Waals surface area contributed by atoms with Gasteiger partial charge in [0.2, 0.25) is 0 Å². The van der Waals surface area contributed by atoms with E-state index in [2.05, 4.69) is 29.9 Å². The first-order valence-corrected chi connectivity index (χ1v) is 6.48. The summed E-state index contributed by atoms with van der Waals surface area (Å²) in [6, 6.07) is 5.19. The maximum atomic E-state index is 3.47. The third-order valence-corrected chi connectivity index (χ3v) is 4.22. The molecule has 1 aliphatic rings. The Labute approximate surface area is 90.5 Å². The van der Waals surface area contributed by atoms with Gasteiger partial charge in [-0.3, -0.25) is 0 Å². The standard InChI is InChI=1S/C12H19NS/c1-13-12-7-3-2-5-10(12)9-11-6-4-8-14-11/h4,6,8,10,12-13H,2-3,5,7,9H2,1H3. The second-order valence-corrected chi connectivity index (χ2v) is 5.26. The number of hydrogen-bond donors (Lipinski definition) is 1. The van der Waals surface area contributed by atoms with E-state index in [1.54, 1.807) is 4.88 Å². The van der Waals surface area contributed by atoms with E-state index in [0.29, 0.717) is 0 Å². The van der Waals surface area contributed by atoms with Crippen LogP contribution in [-0.2, 0) is 6.42 Å². The summed E-state index contributed by atoms with van der Waals surface area (Å²) in [5.41, 5.74) is 0. The Bertz CT molecular complexity index is 255. The molecule has 1 aromatic heterocycles. The fourth-order valence-electron chi connectivity index (χ4n) is 2.52. The van der Waals surface area contributed by atoms with Crippen molar-refractivity contribution >= 4 is 11.3 Å². The highest BCUT2D eigenvalue weighted by Gasteiger charge is 2.23. The molecule has 0 aromatic carbocycles. The van der Waals surface area contributed by atoms with Gasteiger partial charge in [0.05, 0.1) is 0 Å². The highest BCUT2D eigenvalue weighted by atomic mass is 32.1. The zero-order valence-electron chi connectivity index (χ0n) is 8.83. The summed E-state index contributed by atoms with van der Waals surface area (Å²) in [7, 11) is 2.11. The molecule has 1 aliphatic carbocycles. The first-order valence-electron chi connectivity index (χ1n) is 5.60. The van der Waals surface area contributed by atoms with Gasteiger partial charge in [-0.05, 0) is 43.7 Å². The topological polar surface area (TPSA) is 12.0 Å². The van der Waals surface area contributed by atoms with Crippen LogP contribution in [0.4, 0.5) is 0 Å². The van der Waals surface area contributed by atoms with E-state index >= 15 is 0 Å². The summed E-state index contributed by atoms with van der Waals surface area (Å²) < 4.78 is 0. The third-order valence-electron chi connectivity index (χ3n) is 3.32. The van der Waals surface area contributed by atoms with Crippen LogP contribution in [0.5, 0.6) is 0 Å². The van der Waals surface area contributed by atoms with Gasteiger partial charge in [0.15, 0.2) is 0 Å². The summed E-state index contributed by atoms with van der Waals surface area (Å²) in [6.07, 6.45) is 6.89. The fraction of sp³-hybridized carbons (Fsp3) is 0.667. The lowest BCUT2D eigenvalue weighted by atomic mass is 9.82. The van der Waals surface area contributed by atoms with Crippen molar-refractivity contribution < 1.29 is 0 Å². The lowest BCUT2D eigenvalue weighted by molar-refractivity contribution is 0.274. The van der Waals surface area contributed by atoms with E-state index in [-0.39, 0.29) is 0 Å². The zero-order chi connectivity index (χ0) is 9.80. The molecule has 1 fully saturated rings. The Hall–Kier alpha value is -0.340. The molecule has 0 amide bonds. The molecule has 1 nitrogen and oxygen atoms in total. The smallest absolute Gasteiger partial charge is 0.00957 e. The summed E-state index contributed by atoms with van der Waals surface area (Å²) in [4.78, 5) is 1.55. The molecule has 78 valence electrons. The second-order valence-electron chi connectivity index (χ2n) is 4.22. The lowest BCUT2D eigenvalue weighted by Crippen LogP contribution is -2.37. The molecule has 2 atom stereocenters. The average Bonchev–Trinajstić information content (AvgIpc) is 2.71. The molecule has 2 rings (SSSR count). The summed E-state index contributed by atoms with van der Waals surface area (Å²) in [5.74, 6) is 0.868. The highest BCUT2D eigenvalue weighted by molar-refractivity contribution is 7.09. The maximum Gasteiger partial charge on any atom is 0.00957 e. The Morgan fingerprint density at radius 1 is 1.43 bits per heavy atom. The molecule has 1 aromatic rings. The molecule has 0 aliphatic heterocycles. The van der Waals surface area contributed by atoms with Crippen molar-refractivity contribution in [3.05, 3.63) is 22.4 Å². The number of hydrogen-bond acceptors (Lipinski definition) is 2. The average molecular weight is 209 g/mol. The third kappa shape index (κ3) is 2.37.